The molecule has 0 amide bonds. The summed E-state index contributed by atoms with van der Waals surface area (Å²) in [7, 11) is 6.12. The van der Waals surface area contributed by atoms with Crippen LogP contribution in [0.15, 0.2) is 6.33 Å². The van der Waals surface area contributed by atoms with Crippen LogP contribution < -0.4 is 10.2 Å². The van der Waals surface area contributed by atoms with Crippen LogP contribution in [0, 0.1) is 5.92 Å². The Bertz CT molecular complexity index is 600. The smallest absolute Gasteiger partial charge is 0.226 e. The van der Waals surface area contributed by atoms with Gasteiger partial charge in [0.2, 0.25) is 5.95 Å². The van der Waals surface area contributed by atoms with E-state index in [0.29, 0.717) is 11.6 Å². The van der Waals surface area contributed by atoms with E-state index in [1.54, 1.807) is 6.33 Å². The maximum absolute atomic E-state index is 4.59. The second-order valence-electron chi connectivity index (χ2n) is 5.85. The number of nitrogens with one attached hydrogen (secondary N) is 2. The van der Waals surface area contributed by atoms with Crippen molar-refractivity contribution in [1.29, 1.82) is 0 Å². The van der Waals surface area contributed by atoms with E-state index in [0.717, 1.165) is 23.8 Å². The predicted octanol–water partition coefficient (Wildman–Crippen LogP) is 1.17. The van der Waals surface area contributed by atoms with Crippen LogP contribution in [0.5, 0.6) is 0 Å². The molecule has 2 aromatic rings. The standard InChI is InChI=1S/C14H23N7/c1-15-14-18-12-11(16-9-17-12)13(19-14)21(3)8-10-4-6-20(2)7-5-10/h9-10H,4-8H2,1-3H3,(H2,15,16,17,18,19). The van der Waals surface area contributed by atoms with Crippen LogP contribution in [0.1, 0.15) is 12.8 Å². The number of imidazole rings is 1. The molecule has 0 atom stereocenters. The van der Waals surface area contributed by atoms with Crippen LogP contribution in [0.2, 0.25) is 0 Å². The fourth-order valence-electron chi connectivity index (χ4n) is 2.92. The van der Waals surface area contributed by atoms with E-state index >= 15 is 0 Å². The molecule has 1 saturated heterocycles. The van der Waals surface area contributed by atoms with Gasteiger partial charge in [-0.05, 0) is 38.9 Å². The molecule has 0 unspecified atom stereocenters. The van der Waals surface area contributed by atoms with Gasteiger partial charge >= 0.3 is 0 Å². The van der Waals surface area contributed by atoms with Crippen LogP contribution in [0.25, 0.3) is 11.2 Å². The van der Waals surface area contributed by atoms with Gasteiger partial charge in [0, 0.05) is 20.6 Å². The van der Waals surface area contributed by atoms with Gasteiger partial charge in [-0.25, -0.2) is 4.98 Å². The fraction of sp³-hybridized carbons (Fsp3) is 0.643. The van der Waals surface area contributed by atoms with Crippen molar-refractivity contribution in [3.63, 3.8) is 0 Å². The third kappa shape index (κ3) is 2.92. The number of aromatic nitrogens is 4. The number of piperidine rings is 1. The lowest BCUT2D eigenvalue weighted by Gasteiger charge is -2.32. The minimum absolute atomic E-state index is 0.611. The monoisotopic (exact) mass is 289 g/mol. The summed E-state index contributed by atoms with van der Waals surface area (Å²) >= 11 is 0. The Morgan fingerprint density at radius 1 is 1.38 bits per heavy atom. The number of aromatic amines is 1. The summed E-state index contributed by atoms with van der Waals surface area (Å²) in [5.74, 6) is 2.25. The highest BCUT2D eigenvalue weighted by atomic mass is 15.2. The lowest BCUT2D eigenvalue weighted by atomic mass is 9.97. The van der Waals surface area contributed by atoms with Gasteiger partial charge in [-0.2, -0.15) is 9.97 Å². The largest absolute Gasteiger partial charge is 0.357 e. The van der Waals surface area contributed by atoms with Crippen LogP contribution in [0.3, 0.4) is 0 Å². The first kappa shape index (κ1) is 14.1. The molecule has 0 aliphatic carbocycles. The average molecular weight is 289 g/mol. The molecule has 0 radical (unpaired) electrons. The molecule has 0 saturated carbocycles. The molecule has 3 rings (SSSR count). The summed E-state index contributed by atoms with van der Waals surface area (Å²) in [5.41, 5.74) is 1.61. The fourth-order valence-corrected chi connectivity index (χ4v) is 2.92. The summed E-state index contributed by atoms with van der Waals surface area (Å²) in [5, 5.41) is 3.00. The second kappa shape index (κ2) is 5.85. The van der Waals surface area contributed by atoms with Crippen molar-refractivity contribution in [2.45, 2.75) is 12.8 Å². The van der Waals surface area contributed by atoms with E-state index in [1.807, 2.05) is 7.05 Å². The highest BCUT2D eigenvalue weighted by Crippen LogP contribution is 2.24. The van der Waals surface area contributed by atoms with Crippen molar-refractivity contribution in [3.8, 4) is 0 Å². The first-order valence-corrected chi connectivity index (χ1v) is 7.46. The lowest BCUT2D eigenvalue weighted by Crippen LogP contribution is -2.36. The van der Waals surface area contributed by atoms with Crippen molar-refractivity contribution >= 4 is 22.9 Å². The zero-order valence-corrected chi connectivity index (χ0v) is 12.9. The molecule has 0 spiro atoms. The van der Waals surface area contributed by atoms with Gasteiger partial charge < -0.3 is 20.1 Å². The Hall–Kier alpha value is -1.89. The topological polar surface area (TPSA) is 73.0 Å². The first-order valence-electron chi connectivity index (χ1n) is 7.46. The van der Waals surface area contributed by atoms with Gasteiger partial charge in [-0.15, -0.1) is 0 Å². The Balaban J connectivity index is 1.80. The minimum Gasteiger partial charge on any atom is -0.357 e. The molecule has 7 nitrogen and oxygen atoms in total. The molecule has 2 N–H and O–H groups in total. The zero-order valence-electron chi connectivity index (χ0n) is 12.9. The number of H-pyrrole nitrogens is 1. The van der Waals surface area contributed by atoms with Crippen molar-refractivity contribution in [2.24, 2.45) is 5.92 Å². The molecule has 1 fully saturated rings. The van der Waals surface area contributed by atoms with Crippen LogP contribution in [-0.4, -0.2) is 65.6 Å². The Kier molecular flexibility index (Phi) is 3.92. The molecular weight excluding hydrogens is 266 g/mol. The summed E-state index contributed by atoms with van der Waals surface area (Å²) in [6, 6.07) is 0. The summed E-state index contributed by atoms with van der Waals surface area (Å²) in [6.07, 6.45) is 4.17. The maximum Gasteiger partial charge on any atom is 0.226 e. The number of anilines is 2. The Morgan fingerprint density at radius 3 is 2.86 bits per heavy atom. The normalized spacial score (nSPS) is 17.3. The second-order valence-corrected chi connectivity index (χ2v) is 5.85. The molecule has 114 valence electrons. The molecule has 7 heteroatoms. The summed E-state index contributed by atoms with van der Waals surface area (Å²) in [6.45, 7) is 3.38. The molecule has 0 aromatic carbocycles. The third-order valence-corrected chi connectivity index (χ3v) is 4.22. The molecule has 1 aliphatic rings. The summed E-state index contributed by atoms with van der Waals surface area (Å²) < 4.78 is 0. The van der Waals surface area contributed by atoms with Gasteiger partial charge in [-0.3, -0.25) is 0 Å². The van der Waals surface area contributed by atoms with Gasteiger partial charge in [-0.1, -0.05) is 0 Å². The van der Waals surface area contributed by atoms with Gasteiger partial charge in [0.05, 0.1) is 6.33 Å². The van der Waals surface area contributed by atoms with Crippen LogP contribution >= 0.6 is 0 Å². The highest BCUT2D eigenvalue weighted by Gasteiger charge is 2.20. The van der Waals surface area contributed by atoms with Gasteiger partial charge in [0.15, 0.2) is 11.5 Å². The highest BCUT2D eigenvalue weighted by molar-refractivity contribution is 5.84. The quantitative estimate of drug-likeness (QED) is 0.880. The van der Waals surface area contributed by atoms with E-state index in [-0.39, 0.29) is 0 Å². The Labute approximate surface area is 124 Å². The molecule has 21 heavy (non-hydrogen) atoms. The van der Waals surface area contributed by atoms with Crippen molar-refractivity contribution in [2.75, 3.05) is 51.0 Å². The first-order chi connectivity index (χ1) is 10.2. The number of likely N-dealkylation sites (tertiary alicyclic amines) is 1. The number of hydrogen-bond acceptors (Lipinski definition) is 6. The third-order valence-electron chi connectivity index (χ3n) is 4.22. The molecule has 0 bridgehead atoms. The predicted molar refractivity (Wildman–Crippen MR) is 84.7 cm³/mol. The van der Waals surface area contributed by atoms with Crippen molar-refractivity contribution in [1.82, 2.24) is 24.8 Å². The average Bonchev–Trinajstić information content (AvgIpc) is 2.96. The molecule has 1 aliphatic heterocycles. The molecular formula is C14H23N7. The number of rotatable bonds is 4. The molecule has 3 heterocycles. The van der Waals surface area contributed by atoms with Crippen molar-refractivity contribution in [3.05, 3.63) is 6.33 Å². The van der Waals surface area contributed by atoms with E-state index < -0.39 is 0 Å². The van der Waals surface area contributed by atoms with Crippen molar-refractivity contribution < 1.29 is 0 Å². The number of fused-ring (bicyclic) bond motifs is 1. The van der Waals surface area contributed by atoms with Crippen LogP contribution in [-0.2, 0) is 0 Å². The van der Waals surface area contributed by atoms with Gasteiger partial charge in [0.25, 0.3) is 0 Å². The lowest BCUT2D eigenvalue weighted by molar-refractivity contribution is 0.222. The number of hydrogen-bond donors (Lipinski definition) is 2. The Morgan fingerprint density at radius 2 is 2.14 bits per heavy atom. The SMILES string of the molecule is CNc1nc(N(C)CC2CCN(C)CC2)c2[nH]cnc2n1. The van der Waals surface area contributed by atoms with E-state index in [4.69, 9.17) is 0 Å². The number of nitrogens with zero attached hydrogens (tertiary/aromatic N) is 5. The summed E-state index contributed by atoms with van der Waals surface area (Å²) in [4.78, 5) is 21.0. The van der Waals surface area contributed by atoms with E-state index in [1.165, 1.54) is 25.9 Å². The van der Waals surface area contributed by atoms with Gasteiger partial charge in [0.1, 0.15) is 5.52 Å². The van der Waals surface area contributed by atoms with E-state index in [2.05, 4.69) is 49.1 Å². The van der Waals surface area contributed by atoms with Crippen LogP contribution in [0.4, 0.5) is 11.8 Å². The van der Waals surface area contributed by atoms with E-state index in [9.17, 15) is 0 Å². The zero-order chi connectivity index (χ0) is 14.8. The molecule has 2 aromatic heterocycles. The minimum atomic E-state index is 0.611. The maximum atomic E-state index is 4.59.